The van der Waals surface area contributed by atoms with E-state index in [0.29, 0.717) is 0 Å². The Labute approximate surface area is 108 Å². The number of hydrogen-bond donors (Lipinski definition) is 2. The van der Waals surface area contributed by atoms with Gasteiger partial charge in [0.25, 0.3) is 0 Å². The number of rotatable bonds is 4. The second kappa shape index (κ2) is 4.61. The molecule has 1 aromatic heterocycles. The van der Waals surface area contributed by atoms with E-state index in [-0.39, 0.29) is 12.1 Å². The van der Waals surface area contributed by atoms with Crippen molar-refractivity contribution in [1.29, 1.82) is 0 Å². The number of H-pyrrole nitrogens is 1. The van der Waals surface area contributed by atoms with Gasteiger partial charge in [0.05, 0.1) is 11.0 Å². The molecule has 0 aliphatic rings. The molecule has 0 aliphatic heterocycles. The SMILES string of the molecule is Cc1nc2ccc(N(C)C(C)(C)CCO)cc2[nH]1. The van der Waals surface area contributed by atoms with Crippen LogP contribution in [0.2, 0.25) is 0 Å². The van der Waals surface area contributed by atoms with Crippen LogP contribution >= 0.6 is 0 Å². The number of imidazole rings is 1. The zero-order valence-electron chi connectivity index (χ0n) is 11.5. The quantitative estimate of drug-likeness (QED) is 0.872. The fraction of sp³-hybridized carbons (Fsp3) is 0.500. The molecule has 0 amide bonds. The molecule has 1 heterocycles. The van der Waals surface area contributed by atoms with Crippen LogP contribution in [0.15, 0.2) is 18.2 Å². The van der Waals surface area contributed by atoms with Crippen LogP contribution in [-0.2, 0) is 0 Å². The van der Waals surface area contributed by atoms with Gasteiger partial charge in [-0.3, -0.25) is 0 Å². The summed E-state index contributed by atoms with van der Waals surface area (Å²) in [5.74, 6) is 0.930. The van der Waals surface area contributed by atoms with Crippen molar-refractivity contribution in [2.45, 2.75) is 32.7 Å². The highest BCUT2D eigenvalue weighted by molar-refractivity contribution is 5.79. The number of anilines is 1. The second-order valence-electron chi connectivity index (χ2n) is 5.37. The summed E-state index contributed by atoms with van der Waals surface area (Å²) in [6, 6.07) is 6.20. The summed E-state index contributed by atoms with van der Waals surface area (Å²) in [7, 11) is 2.06. The number of fused-ring (bicyclic) bond motifs is 1. The molecule has 18 heavy (non-hydrogen) atoms. The van der Waals surface area contributed by atoms with E-state index in [9.17, 15) is 0 Å². The van der Waals surface area contributed by atoms with Crippen molar-refractivity contribution in [3.05, 3.63) is 24.0 Å². The molecule has 0 unspecified atom stereocenters. The summed E-state index contributed by atoms with van der Waals surface area (Å²) in [5, 5.41) is 9.13. The Kier molecular flexibility index (Phi) is 3.30. The molecule has 0 aliphatic carbocycles. The molecule has 0 saturated heterocycles. The van der Waals surface area contributed by atoms with Crippen molar-refractivity contribution in [3.63, 3.8) is 0 Å². The van der Waals surface area contributed by atoms with Gasteiger partial charge < -0.3 is 15.0 Å². The monoisotopic (exact) mass is 247 g/mol. The van der Waals surface area contributed by atoms with E-state index in [2.05, 4.69) is 47.9 Å². The minimum absolute atomic E-state index is 0.0719. The standard InChI is InChI=1S/C14H21N3O/c1-10-15-12-6-5-11(9-13(12)16-10)17(4)14(2,3)7-8-18/h5-6,9,18H,7-8H2,1-4H3,(H,15,16). The van der Waals surface area contributed by atoms with Gasteiger partial charge in [-0.25, -0.2) is 4.98 Å². The fourth-order valence-corrected chi connectivity index (χ4v) is 2.12. The lowest BCUT2D eigenvalue weighted by Gasteiger charge is -2.37. The number of benzene rings is 1. The lowest BCUT2D eigenvalue weighted by Crippen LogP contribution is -2.41. The number of aromatic amines is 1. The molecular weight excluding hydrogens is 226 g/mol. The second-order valence-corrected chi connectivity index (χ2v) is 5.37. The van der Waals surface area contributed by atoms with Crippen LogP contribution < -0.4 is 4.90 Å². The third-order valence-electron chi connectivity index (χ3n) is 3.60. The lowest BCUT2D eigenvalue weighted by molar-refractivity contribution is 0.250. The molecule has 0 bridgehead atoms. The molecule has 0 radical (unpaired) electrons. The van der Waals surface area contributed by atoms with E-state index < -0.39 is 0 Å². The maximum atomic E-state index is 9.13. The molecule has 2 aromatic rings. The number of aliphatic hydroxyl groups excluding tert-OH is 1. The summed E-state index contributed by atoms with van der Waals surface area (Å²) in [5.41, 5.74) is 3.10. The first-order chi connectivity index (χ1) is 8.44. The van der Waals surface area contributed by atoms with Gasteiger partial charge in [0.15, 0.2) is 0 Å². The van der Waals surface area contributed by atoms with Gasteiger partial charge in [-0.15, -0.1) is 0 Å². The highest BCUT2D eigenvalue weighted by atomic mass is 16.3. The maximum Gasteiger partial charge on any atom is 0.104 e. The zero-order chi connectivity index (χ0) is 13.3. The predicted molar refractivity (Wildman–Crippen MR) is 75.0 cm³/mol. The first-order valence-electron chi connectivity index (χ1n) is 6.25. The Balaban J connectivity index is 2.35. The maximum absolute atomic E-state index is 9.13. The number of nitrogens with one attached hydrogen (secondary N) is 1. The molecule has 2 N–H and O–H groups in total. The van der Waals surface area contributed by atoms with E-state index in [4.69, 9.17) is 5.11 Å². The van der Waals surface area contributed by atoms with Crippen molar-refractivity contribution in [3.8, 4) is 0 Å². The van der Waals surface area contributed by atoms with Crippen molar-refractivity contribution < 1.29 is 5.11 Å². The van der Waals surface area contributed by atoms with Crippen molar-refractivity contribution in [2.24, 2.45) is 0 Å². The number of nitrogens with zero attached hydrogens (tertiary/aromatic N) is 2. The van der Waals surface area contributed by atoms with E-state index in [0.717, 1.165) is 29.0 Å². The van der Waals surface area contributed by atoms with Crippen LogP contribution in [0.25, 0.3) is 11.0 Å². The Morgan fingerprint density at radius 3 is 2.78 bits per heavy atom. The first-order valence-corrected chi connectivity index (χ1v) is 6.25. The molecule has 0 saturated carbocycles. The third kappa shape index (κ3) is 2.34. The minimum Gasteiger partial charge on any atom is -0.396 e. The van der Waals surface area contributed by atoms with Gasteiger partial charge in [0.2, 0.25) is 0 Å². The molecule has 0 spiro atoms. The lowest BCUT2D eigenvalue weighted by atomic mass is 9.98. The van der Waals surface area contributed by atoms with Crippen LogP contribution in [0, 0.1) is 6.92 Å². The predicted octanol–water partition coefficient (Wildman–Crippen LogP) is 2.47. The van der Waals surface area contributed by atoms with Crippen LogP contribution in [0.3, 0.4) is 0 Å². The van der Waals surface area contributed by atoms with E-state index in [1.54, 1.807) is 0 Å². The van der Waals surface area contributed by atoms with Crippen LogP contribution in [0.1, 0.15) is 26.1 Å². The number of aryl methyl sites for hydroxylation is 1. The molecule has 0 atom stereocenters. The van der Waals surface area contributed by atoms with Gasteiger partial charge in [0.1, 0.15) is 5.82 Å². The summed E-state index contributed by atoms with van der Waals surface area (Å²) in [4.78, 5) is 9.84. The number of hydrogen-bond acceptors (Lipinski definition) is 3. The minimum atomic E-state index is -0.0719. The normalized spacial score (nSPS) is 12.1. The first kappa shape index (κ1) is 12.9. The summed E-state index contributed by atoms with van der Waals surface area (Å²) >= 11 is 0. The van der Waals surface area contributed by atoms with E-state index >= 15 is 0 Å². The average Bonchev–Trinajstić information content (AvgIpc) is 2.66. The summed E-state index contributed by atoms with van der Waals surface area (Å²) < 4.78 is 0. The van der Waals surface area contributed by atoms with Gasteiger partial charge in [-0.1, -0.05) is 0 Å². The topological polar surface area (TPSA) is 52.1 Å². The van der Waals surface area contributed by atoms with Crippen LogP contribution in [0.4, 0.5) is 5.69 Å². The molecule has 1 aromatic carbocycles. The summed E-state index contributed by atoms with van der Waals surface area (Å²) in [6.45, 7) is 6.42. The molecule has 4 heteroatoms. The third-order valence-corrected chi connectivity index (χ3v) is 3.60. The molecular formula is C14H21N3O. The van der Waals surface area contributed by atoms with E-state index in [1.807, 2.05) is 13.0 Å². The molecule has 2 rings (SSSR count). The molecule has 0 fully saturated rings. The van der Waals surface area contributed by atoms with Crippen molar-refractivity contribution in [1.82, 2.24) is 9.97 Å². The van der Waals surface area contributed by atoms with Gasteiger partial charge in [-0.05, 0) is 45.4 Å². The average molecular weight is 247 g/mol. The zero-order valence-corrected chi connectivity index (χ0v) is 11.5. The van der Waals surface area contributed by atoms with Crippen molar-refractivity contribution in [2.75, 3.05) is 18.6 Å². The van der Waals surface area contributed by atoms with Gasteiger partial charge in [0, 0.05) is 24.9 Å². The van der Waals surface area contributed by atoms with Crippen molar-refractivity contribution >= 4 is 16.7 Å². The molecule has 98 valence electrons. The van der Waals surface area contributed by atoms with E-state index in [1.165, 1.54) is 0 Å². The highest BCUT2D eigenvalue weighted by Crippen LogP contribution is 2.27. The highest BCUT2D eigenvalue weighted by Gasteiger charge is 2.23. The Morgan fingerprint density at radius 1 is 1.39 bits per heavy atom. The van der Waals surface area contributed by atoms with Gasteiger partial charge >= 0.3 is 0 Å². The Bertz CT molecular complexity index is 545. The molecule has 4 nitrogen and oxygen atoms in total. The summed E-state index contributed by atoms with van der Waals surface area (Å²) in [6.07, 6.45) is 0.740. The number of aromatic nitrogens is 2. The number of aliphatic hydroxyl groups is 1. The van der Waals surface area contributed by atoms with Gasteiger partial charge in [-0.2, -0.15) is 0 Å². The van der Waals surface area contributed by atoms with Crippen LogP contribution in [-0.4, -0.2) is 34.3 Å². The largest absolute Gasteiger partial charge is 0.396 e. The van der Waals surface area contributed by atoms with Crippen LogP contribution in [0.5, 0.6) is 0 Å². The fourth-order valence-electron chi connectivity index (χ4n) is 2.12. The smallest absolute Gasteiger partial charge is 0.104 e. The Hall–Kier alpha value is -1.55. The Morgan fingerprint density at radius 2 is 2.11 bits per heavy atom.